The zero-order valence-corrected chi connectivity index (χ0v) is 23.7. The predicted octanol–water partition coefficient (Wildman–Crippen LogP) is 4.62. The van der Waals surface area contributed by atoms with Crippen molar-refractivity contribution in [3.8, 4) is 0 Å². The summed E-state index contributed by atoms with van der Waals surface area (Å²) in [6, 6.07) is 7.58. The van der Waals surface area contributed by atoms with Crippen LogP contribution in [0.4, 0.5) is 4.79 Å². The van der Waals surface area contributed by atoms with Crippen molar-refractivity contribution in [2.45, 2.75) is 84.5 Å². The van der Waals surface area contributed by atoms with Crippen LogP contribution in [-0.2, 0) is 19.1 Å². The molecule has 1 saturated heterocycles. The van der Waals surface area contributed by atoms with E-state index in [0.717, 1.165) is 5.56 Å². The van der Waals surface area contributed by atoms with E-state index >= 15 is 0 Å². The Morgan fingerprint density at radius 2 is 1.76 bits per heavy atom. The summed E-state index contributed by atoms with van der Waals surface area (Å²) >= 11 is 6.72. The van der Waals surface area contributed by atoms with Crippen LogP contribution in [0.1, 0.15) is 72.4 Å². The van der Waals surface area contributed by atoms with Gasteiger partial charge in [-0.25, -0.2) is 4.79 Å². The van der Waals surface area contributed by atoms with Crippen molar-refractivity contribution < 1.29 is 29.0 Å². The van der Waals surface area contributed by atoms with Gasteiger partial charge < -0.3 is 25.4 Å². The molecule has 0 aliphatic carbocycles. The summed E-state index contributed by atoms with van der Waals surface area (Å²) in [5.74, 6) is -2.58. The number of benzene rings is 1. The Morgan fingerprint density at radius 3 is 2.32 bits per heavy atom. The molecular weight excluding hydrogens is 510 g/mol. The summed E-state index contributed by atoms with van der Waals surface area (Å²) in [6.07, 6.45) is 1.41. The lowest BCUT2D eigenvalue weighted by atomic mass is 9.92. The second-order valence-corrected chi connectivity index (χ2v) is 11.4. The van der Waals surface area contributed by atoms with Crippen LogP contribution in [0.3, 0.4) is 0 Å². The van der Waals surface area contributed by atoms with Crippen molar-refractivity contribution in [1.29, 1.82) is 0 Å². The normalized spacial score (nSPS) is 18.5. The number of hydrogen-bond acceptors (Lipinski definition) is 5. The molecule has 38 heavy (non-hydrogen) atoms. The summed E-state index contributed by atoms with van der Waals surface area (Å²) in [7, 11) is 0. The second-order valence-electron chi connectivity index (χ2n) is 10.9. The number of likely N-dealkylation sites (tertiary alicyclic amines) is 1. The molecule has 0 bridgehead atoms. The Balaban J connectivity index is 2.20. The quantitative estimate of drug-likeness (QED) is 0.391. The predicted molar refractivity (Wildman–Crippen MR) is 145 cm³/mol. The third kappa shape index (κ3) is 9.35. The number of carbonyl (C=O) groups excluding carboxylic acids is 3. The molecule has 0 radical (unpaired) electrons. The van der Waals surface area contributed by atoms with Crippen molar-refractivity contribution in [1.82, 2.24) is 15.5 Å². The maximum Gasteiger partial charge on any atom is 0.408 e. The molecule has 1 aliphatic heterocycles. The fraction of sp³-hybridized carbons (Fsp3) is 0.571. The van der Waals surface area contributed by atoms with Gasteiger partial charge in [-0.1, -0.05) is 61.9 Å². The third-order valence-corrected chi connectivity index (χ3v) is 6.62. The highest BCUT2D eigenvalue weighted by Crippen LogP contribution is 2.30. The lowest BCUT2D eigenvalue weighted by Crippen LogP contribution is -2.52. The van der Waals surface area contributed by atoms with Gasteiger partial charge in [-0.3, -0.25) is 14.4 Å². The lowest BCUT2D eigenvalue weighted by Gasteiger charge is -2.30. The minimum atomic E-state index is -1.32. The molecule has 1 aromatic rings. The van der Waals surface area contributed by atoms with Crippen molar-refractivity contribution in [2.24, 2.45) is 11.8 Å². The van der Waals surface area contributed by atoms with Crippen molar-refractivity contribution >= 4 is 35.5 Å². The maximum absolute atomic E-state index is 13.4. The van der Waals surface area contributed by atoms with E-state index in [2.05, 4.69) is 10.6 Å². The van der Waals surface area contributed by atoms with Gasteiger partial charge >= 0.3 is 12.1 Å². The fourth-order valence-electron chi connectivity index (χ4n) is 4.33. The number of carbonyl (C=O) groups is 4. The van der Waals surface area contributed by atoms with Crippen molar-refractivity contribution in [3.63, 3.8) is 0 Å². The van der Waals surface area contributed by atoms with Gasteiger partial charge in [0.1, 0.15) is 11.6 Å². The Morgan fingerprint density at radius 1 is 1.13 bits per heavy atom. The number of halogens is 1. The van der Waals surface area contributed by atoms with Crippen LogP contribution in [0.15, 0.2) is 41.4 Å². The van der Waals surface area contributed by atoms with Gasteiger partial charge in [-0.15, -0.1) is 0 Å². The highest BCUT2D eigenvalue weighted by atomic mass is 35.5. The van der Waals surface area contributed by atoms with Crippen molar-refractivity contribution in [3.05, 3.63) is 47.0 Å². The summed E-state index contributed by atoms with van der Waals surface area (Å²) in [5.41, 5.74) is 0.168. The number of amides is 3. The molecule has 1 fully saturated rings. The molecule has 0 saturated carbocycles. The van der Waals surface area contributed by atoms with E-state index in [4.69, 9.17) is 16.3 Å². The summed E-state index contributed by atoms with van der Waals surface area (Å²) in [4.78, 5) is 51.8. The van der Waals surface area contributed by atoms with Gasteiger partial charge in [-0.2, -0.15) is 0 Å². The Bertz CT molecular complexity index is 1020. The Kier molecular flexibility index (Phi) is 11.2. The smallest absolute Gasteiger partial charge is 0.408 e. The first-order valence-electron chi connectivity index (χ1n) is 12.9. The SMILES string of the molecule is CC(C)[C@@H](/C=C(\Cl)[C@@H]1CCCN1C(=O)[C@H](CC(=O)O)NC(=O)OC(C)(C)C)C(=O)N[C@H](C)c1ccccc1. The molecule has 210 valence electrons. The molecule has 1 heterocycles. The van der Waals surface area contributed by atoms with Crippen LogP contribution in [0, 0.1) is 11.8 Å². The minimum Gasteiger partial charge on any atom is -0.481 e. The van der Waals surface area contributed by atoms with Crippen LogP contribution < -0.4 is 10.6 Å². The Hall–Kier alpha value is -3.07. The molecule has 0 spiro atoms. The van der Waals surface area contributed by atoms with Crippen molar-refractivity contribution in [2.75, 3.05) is 6.54 Å². The molecule has 1 aromatic carbocycles. The average Bonchev–Trinajstić information content (AvgIpc) is 3.30. The van der Waals surface area contributed by atoms with E-state index < -0.39 is 48.0 Å². The summed E-state index contributed by atoms with van der Waals surface area (Å²) in [6.45, 7) is 11.1. The largest absolute Gasteiger partial charge is 0.481 e. The molecule has 9 nitrogen and oxygen atoms in total. The van der Waals surface area contributed by atoms with Crippen LogP contribution in [0.2, 0.25) is 0 Å². The van der Waals surface area contributed by atoms with Crippen LogP contribution in [-0.4, -0.2) is 58.1 Å². The fourth-order valence-corrected chi connectivity index (χ4v) is 4.69. The van der Waals surface area contributed by atoms with Crippen LogP contribution in [0.5, 0.6) is 0 Å². The molecule has 3 N–H and O–H groups in total. The highest BCUT2D eigenvalue weighted by Gasteiger charge is 2.37. The first-order valence-corrected chi connectivity index (χ1v) is 13.3. The number of carboxylic acids is 1. The number of nitrogens with zero attached hydrogens (tertiary/aromatic N) is 1. The lowest BCUT2D eigenvalue weighted by molar-refractivity contribution is -0.142. The summed E-state index contributed by atoms with van der Waals surface area (Å²) < 4.78 is 5.21. The van der Waals surface area contributed by atoms with Crippen LogP contribution in [0.25, 0.3) is 0 Å². The first-order chi connectivity index (χ1) is 17.7. The maximum atomic E-state index is 13.4. The van der Waals surface area contributed by atoms with E-state index in [9.17, 15) is 24.3 Å². The average molecular weight is 550 g/mol. The number of ether oxygens (including phenoxy) is 1. The van der Waals surface area contributed by atoms with E-state index in [1.165, 1.54) is 4.90 Å². The molecule has 0 unspecified atom stereocenters. The van der Waals surface area contributed by atoms with Gasteiger partial charge in [0.05, 0.1) is 24.4 Å². The zero-order chi connectivity index (χ0) is 28.6. The molecule has 1 aliphatic rings. The Labute approximate surface area is 229 Å². The van der Waals surface area contributed by atoms with E-state index in [-0.39, 0.29) is 17.9 Å². The molecule has 4 atom stereocenters. The van der Waals surface area contributed by atoms with Gasteiger partial charge in [0.25, 0.3) is 0 Å². The summed E-state index contributed by atoms with van der Waals surface area (Å²) in [5, 5.41) is 15.1. The molecule has 2 rings (SSSR count). The topological polar surface area (TPSA) is 125 Å². The zero-order valence-electron chi connectivity index (χ0n) is 23.0. The van der Waals surface area contributed by atoms with Crippen LogP contribution >= 0.6 is 11.6 Å². The highest BCUT2D eigenvalue weighted by molar-refractivity contribution is 6.30. The number of alkyl carbamates (subject to hydrolysis) is 1. The number of nitrogens with one attached hydrogen (secondary N) is 2. The van der Waals surface area contributed by atoms with Gasteiger partial charge in [0.15, 0.2) is 0 Å². The number of carboxylic acid groups (broad SMARTS) is 1. The monoisotopic (exact) mass is 549 g/mol. The van der Waals surface area contributed by atoms with E-state index in [1.807, 2.05) is 51.1 Å². The molecular formula is C28H40ClN3O6. The number of hydrogen-bond donors (Lipinski definition) is 3. The first kappa shape index (κ1) is 31.1. The van der Waals surface area contributed by atoms with E-state index in [0.29, 0.717) is 24.4 Å². The second kappa shape index (κ2) is 13.6. The third-order valence-electron chi connectivity index (χ3n) is 6.24. The van der Waals surface area contributed by atoms with Gasteiger partial charge in [0, 0.05) is 11.6 Å². The number of aliphatic carboxylic acids is 1. The van der Waals surface area contributed by atoms with Gasteiger partial charge in [0.2, 0.25) is 11.8 Å². The molecule has 0 aromatic heterocycles. The minimum absolute atomic E-state index is 0.0640. The standard InChI is InChI=1S/C28H40ClN3O6/c1-17(2)20(25(35)30-18(3)19-11-8-7-9-12-19)15-21(29)23-13-10-14-32(23)26(36)22(16-24(33)34)31-27(37)38-28(4,5)6/h7-9,11-12,15,17-18,20,22-23H,10,13-14,16H2,1-6H3,(H,30,35)(H,31,37)(H,33,34)/b21-15-/t18-,20-,22+,23+/m1/s1. The number of rotatable bonds is 10. The van der Waals surface area contributed by atoms with Gasteiger partial charge in [-0.05, 0) is 52.0 Å². The molecule has 10 heteroatoms. The molecule has 3 amide bonds. The van der Waals surface area contributed by atoms with E-state index in [1.54, 1.807) is 26.8 Å².